The first-order valence-electron chi connectivity index (χ1n) is 4.41. The zero-order valence-corrected chi connectivity index (χ0v) is 8.04. The van der Waals surface area contributed by atoms with E-state index in [1.807, 2.05) is 24.3 Å². The Kier molecular flexibility index (Phi) is 2.54. The number of aliphatic hydroxyl groups is 1. The summed E-state index contributed by atoms with van der Waals surface area (Å²) in [7, 11) is 0. The zero-order valence-electron chi connectivity index (χ0n) is 7.28. The van der Waals surface area contributed by atoms with Crippen LogP contribution in [0.25, 0.3) is 0 Å². The smallest absolute Gasteiger partial charge is 0.0916 e. The first-order chi connectivity index (χ1) is 6.25. The lowest BCUT2D eigenvalue weighted by atomic mass is 10.1. The lowest BCUT2D eigenvalue weighted by Crippen LogP contribution is -2.10. The summed E-state index contributed by atoms with van der Waals surface area (Å²) in [4.78, 5) is 2.19. The predicted molar refractivity (Wildman–Crippen MR) is 52.9 cm³/mol. The van der Waals surface area contributed by atoms with Gasteiger partial charge in [0.1, 0.15) is 0 Å². The Morgan fingerprint density at radius 3 is 2.46 bits per heavy atom. The first kappa shape index (κ1) is 9.00. The Morgan fingerprint density at radius 1 is 1.31 bits per heavy atom. The summed E-state index contributed by atoms with van der Waals surface area (Å²) < 4.78 is 0. The fraction of sp³-hybridized carbons (Fsp3) is 0.400. The third kappa shape index (κ3) is 2.44. The summed E-state index contributed by atoms with van der Waals surface area (Å²) in [5.74, 6) is 0. The Morgan fingerprint density at radius 2 is 1.92 bits per heavy atom. The molecular weight excluding hydrogens is 186 g/mol. The van der Waals surface area contributed by atoms with Crippen molar-refractivity contribution in [3.05, 3.63) is 34.9 Å². The normalized spacial score (nSPS) is 18.6. The van der Waals surface area contributed by atoms with E-state index in [1.54, 1.807) is 0 Å². The highest BCUT2D eigenvalue weighted by Gasteiger charge is 2.21. The maximum atomic E-state index is 9.74. The summed E-state index contributed by atoms with van der Waals surface area (Å²) in [5.41, 5.74) is 0.941. The molecule has 2 nitrogen and oxygen atoms in total. The van der Waals surface area contributed by atoms with Crippen LogP contribution in [0.3, 0.4) is 0 Å². The molecule has 0 aliphatic carbocycles. The quantitative estimate of drug-likeness (QED) is 0.746. The Bertz CT molecular complexity index is 281. The van der Waals surface area contributed by atoms with Crippen LogP contribution in [0.1, 0.15) is 11.7 Å². The van der Waals surface area contributed by atoms with Crippen molar-refractivity contribution in [2.75, 3.05) is 19.6 Å². The average molecular weight is 198 g/mol. The molecule has 3 heteroatoms. The van der Waals surface area contributed by atoms with Gasteiger partial charge >= 0.3 is 0 Å². The number of β-amino-alcohol motifs (C(OH)–C–C–N with tert-alkyl or cyclic N) is 1. The Hall–Kier alpha value is -0.570. The Labute approximate surface area is 82.7 Å². The van der Waals surface area contributed by atoms with Crippen LogP contribution in [0.4, 0.5) is 0 Å². The molecule has 1 aliphatic rings. The van der Waals surface area contributed by atoms with Gasteiger partial charge in [0.25, 0.3) is 0 Å². The van der Waals surface area contributed by atoms with Crippen LogP contribution in [0.5, 0.6) is 0 Å². The predicted octanol–water partition coefficient (Wildman–Crippen LogP) is 1.69. The van der Waals surface area contributed by atoms with Crippen LogP contribution >= 0.6 is 11.6 Å². The van der Waals surface area contributed by atoms with Gasteiger partial charge in [0.2, 0.25) is 0 Å². The molecule has 1 aromatic carbocycles. The van der Waals surface area contributed by atoms with E-state index in [1.165, 1.54) is 0 Å². The zero-order chi connectivity index (χ0) is 9.26. The van der Waals surface area contributed by atoms with Gasteiger partial charge in [-0.05, 0) is 17.7 Å². The molecule has 0 saturated carbocycles. The molecule has 1 fully saturated rings. The molecule has 1 atom stereocenters. The monoisotopic (exact) mass is 197 g/mol. The number of hydrogen-bond donors (Lipinski definition) is 1. The van der Waals surface area contributed by atoms with E-state index in [-0.39, 0.29) is 6.10 Å². The third-order valence-electron chi connectivity index (χ3n) is 2.23. The molecular formula is C10H12ClNO. The summed E-state index contributed by atoms with van der Waals surface area (Å²) in [6.45, 7) is 2.97. The molecule has 1 N–H and O–H groups in total. The van der Waals surface area contributed by atoms with E-state index in [4.69, 9.17) is 11.6 Å². The molecule has 0 spiro atoms. The molecule has 1 aromatic rings. The van der Waals surface area contributed by atoms with Crippen LogP contribution < -0.4 is 0 Å². The van der Waals surface area contributed by atoms with Gasteiger partial charge in [0.15, 0.2) is 0 Å². The van der Waals surface area contributed by atoms with Gasteiger partial charge in [-0.2, -0.15) is 0 Å². The van der Waals surface area contributed by atoms with Crippen molar-refractivity contribution >= 4 is 11.6 Å². The lowest BCUT2D eigenvalue weighted by Gasteiger charge is -2.10. The molecule has 0 radical (unpaired) electrons. The second-order valence-electron chi connectivity index (χ2n) is 3.37. The van der Waals surface area contributed by atoms with Gasteiger partial charge < -0.3 is 5.11 Å². The fourth-order valence-corrected chi connectivity index (χ4v) is 1.41. The van der Waals surface area contributed by atoms with Crippen molar-refractivity contribution in [2.45, 2.75) is 6.10 Å². The molecule has 1 aliphatic heterocycles. The molecule has 1 saturated heterocycles. The summed E-state index contributed by atoms with van der Waals surface area (Å²) in [6, 6.07) is 7.36. The maximum absolute atomic E-state index is 9.74. The summed E-state index contributed by atoms with van der Waals surface area (Å²) in [5, 5.41) is 10.4. The van der Waals surface area contributed by atoms with Gasteiger partial charge in [-0.3, -0.25) is 4.90 Å². The number of rotatable bonds is 3. The van der Waals surface area contributed by atoms with Crippen LogP contribution in [0.2, 0.25) is 5.02 Å². The van der Waals surface area contributed by atoms with Crippen LogP contribution in [0.15, 0.2) is 24.3 Å². The van der Waals surface area contributed by atoms with Gasteiger partial charge in [0.05, 0.1) is 6.10 Å². The number of benzene rings is 1. The minimum atomic E-state index is -0.375. The topological polar surface area (TPSA) is 23.2 Å². The number of halogens is 1. The van der Waals surface area contributed by atoms with Crippen LogP contribution in [-0.4, -0.2) is 29.6 Å². The molecule has 0 amide bonds. The van der Waals surface area contributed by atoms with E-state index >= 15 is 0 Å². The minimum absolute atomic E-state index is 0.375. The second kappa shape index (κ2) is 3.66. The van der Waals surface area contributed by atoms with E-state index in [9.17, 15) is 5.11 Å². The largest absolute Gasteiger partial charge is 0.387 e. The SMILES string of the molecule is OC(CN1CC1)c1ccc(Cl)cc1. The summed E-state index contributed by atoms with van der Waals surface area (Å²) in [6.07, 6.45) is -0.375. The summed E-state index contributed by atoms with van der Waals surface area (Å²) >= 11 is 5.74. The average Bonchev–Trinajstić information content (AvgIpc) is 2.89. The number of aliphatic hydroxyl groups excluding tert-OH is 1. The molecule has 1 unspecified atom stereocenters. The molecule has 2 rings (SSSR count). The highest BCUT2D eigenvalue weighted by atomic mass is 35.5. The van der Waals surface area contributed by atoms with Crippen molar-refractivity contribution in [3.8, 4) is 0 Å². The van der Waals surface area contributed by atoms with Gasteiger partial charge in [0, 0.05) is 24.7 Å². The van der Waals surface area contributed by atoms with Crippen molar-refractivity contribution < 1.29 is 5.11 Å². The van der Waals surface area contributed by atoms with Crippen molar-refractivity contribution in [3.63, 3.8) is 0 Å². The van der Waals surface area contributed by atoms with E-state index < -0.39 is 0 Å². The highest BCUT2D eigenvalue weighted by molar-refractivity contribution is 6.30. The highest BCUT2D eigenvalue weighted by Crippen LogP contribution is 2.19. The van der Waals surface area contributed by atoms with E-state index in [0.717, 1.165) is 25.2 Å². The molecule has 1 heterocycles. The second-order valence-corrected chi connectivity index (χ2v) is 3.80. The van der Waals surface area contributed by atoms with Gasteiger partial charge in [-0.15, -0.1) is 0 Å². The van der Waals surface area contributed by atoms with Crippen LogP contribution in [0, 0.1) is 0 Å². The number of hydrogen-bond acceptors (Lipinski definition) is 2. The van der Waals surface area contributed by atoms with Crippen LogP contribution in [-0.2, 0) is 0 Å². The molecule has 13 heavy (non-hydrogen) atoms. The van der Waals surface area contributed by atoms with Crippen molar-refractivity contribution in [2.24, 2.45) is 0 Å². The van der Waals surface area contributed by atoms with E-state index in [0.29, 0.717) is 5.02 Å². The Balaban J connectivity index is 2.01. The third-order valence-corrected chi connectivity index (χ3v) is 2.48. The van der Waals surface area contributed by atoms with Crippen molar-refractivity contribution in [1.82, 2.24) is 4.90 Å². The molecule has 0 aromatic heterocycles. The van der Waals surface area contributed by atoms with Crippen molar-refractivity contribution in [1.29, 1.82) is 0 Å². The lowest BCUT2D eigenvalue weighted by molar-refractivity contribution is 0.156. The van der Waals surface area contributed by atoms with E-state index in [2.05, 4.69) is 4.90 Å². The standard InChI is InChI=1S/C10H12ClNO/c11-9-3-1-8(2-4-9)10(13)7-12-5-6-12/h1-4,10,13H,5-7H2. The fourth-order valence-electron chi connectivity index (χ4n) is 1.29. The molecule has 70 valence electrons. The molecule has 0 bridgehead atoms. The van der Waals surface area contributed by atoms with Gasteiger partial charge in [-0.25, -0.2) is 0 Å². The maximum Gasteiger partial charge on any atom is 0.0916 e. The number of nitrogens with zero attached hydrogens (tertiary/aromatic N) is 1. The first-order valence-corrected chi connectivity index (χ1v) is 4.79. The van der Waals surface area contributed by atoms with Gasteiger partial charge in [-0.1, -0.05) is 23.7 Å². The minimum Gasteiger partial charge on any atom is -0.387 e.